The first-order valence-electron chi connectivity index (χ1n) is 25.7. The van der Waals surface area contributed by atoms with Gasteiger partial charge < -0.3 is 18.9 Å². The van der Waals surface area contributed by atoms with Crippen molar-refractivity contribution < 1.29 is 25.8 Å². The number of rotatable bonds is 5. The van der Waals surface area contributed by atoms with Gasteiger partial charge in [-0.15, -0.1) is 41.9 Å². The molecule has 0 unspecified atom stereocenters. The zero-order chi connectivity index (χ0) is 49.9. The molecule has 6 heteroatoms. The van der Waals surface area contributed by atoms with Gasteiger partial charge in [-0.3, -0.25) is 0 Å². The molecule has 0 radical (unpaired) electrons. The third-order valence-electron chi connectivity index (χ3n) is 15.4. The van der Waals surface area contributed by atoms with E-state index in [4.69, 9.17) is 9.72 Å². The third kappa shape index (κ3) is 6.99. The van der Waals surface area contributed by atoms with Gasteiger partial charge in [0, 0.05) is 88.8 Å². The number of hydrogen-bond donors (Lipinski definition) is 0. The van der Waals surface area contributed by atoms with E-state index < -0.39 is 0 Å². The maximum absolute atomic E-state index is 7.05. The van der Waals surface area contributed by atoms with E-state index in [9.17, 15) is 0 Å². The molecule has 5 heterocycles. The summed E-state index contributed by atoms with van der Waals surface area (Å²) in [5, 5.41) is 9.02. The van der Waals surface area contributed by atoms with Gasteiger partial charge in [-0.1, -0.05) is 220 Å². The summed E-state index contributed by atoms with van der Waals surface area (Å²) < 4.78 is 9.35. The smallest absolute Gasteiger partial charge is 0.143 e. The molecule has 0 fully saturated rings. The summed E-state index contributed by atoms with van der Waals surface area (Å²) in [6.45, 7) is 9.25. The maximum atomic E-state index is 7.05. The predicted octanol–water partition coefficient (Wildman–Crippen LogP) is 18.7. The van der Waals surface area contributed by atoms with Crippen LogP contribution in [-0.2, 0) is 26.5 Å². The number of benzene rings is 10. The van der Waals surface area contributed by atoms with Crippen LogP contribution in [-0.4, -0.2) is 9.38 Å². The van der Waals surface area contributed by atoms with Crippen LogP contribution in [0.2, 0.25) is 0 Å². The van der Waals surface area contributed by atoms with Crippen molar-refractivity contribution in [2.45, 2.75) is 26.2 Å². The second-order valence-corrected chi connectivity index (χ2v) is 20.7. The Morgan fingerprint density at radius 2 is 0.921 bits per heavy atom. The van der Waals surface area contributed by atoms with E-state index >= 15 is 0 Å². The molecule has 0 amide bonds. The summed E-state index contributed by atoms with van der Waals surface area (Å²) in [6, 6.07) is 86.1. The summed E-state index contributed by atoms with van der Waals surface area (Å²) in [5.74, 6) is 1.17. The first kappa shape index (κ1) is 45.8. The van der Waals surface area contributed by atoms with Crippen LogP contribution in [0.3, 0.4) is 0 Å². The average Bonchev–Trinajstić information content (AvgIpc) is 4.12. The van der Waals surface area contributed by atoms with E-state index in [2.05, 4.69) is 260 Å². The Morgan fingerprint density at radius 1 is 0.408 bits per heavy atom. The van der Waals surface area contributed by atoms with Crippen LogP contribution in [0.4, 0.5) is 22.7 Å². The Bertz CT molecular complexity index is 4480. The van der Waals surface area contributed by atoms with Gasteiger partial charge in [0.2, 0.25) is 0 Å². The van der Waals surface area contributed by atoms with E-state index in [0.29, 0.717) is 11.5 Å². The van der Waals surface area contributed by atoms with Crippen molar-refractivity contribution in [1.82, 2.24) is 9.38 Å². The minimum absolute atomic E-state index is 0. The summed E-state index contributed by atoms with van der Waals surface area (Å²) in [4.78, 5) is 10.00. The number of ether oxygens (including phenoxy) is 1. The molecule has 0 atom stereocenters. The number of fused-ring (bicyclic) bond motifs is 15. The van der Waals surface area contributed by atoms with Crippen LogP contribution >= 0.6 is 0 Å². The van der Waals surface area contributed by atoms with Crippen molar-refractivity contribution in [3.63, 3.8) is 0 Å². The summed E-state index contributed by atoms with van der Waals surface area (Å²) in [6.07, 6.45) is 1.89. The number of aromatic nitrogens is 2. The normalized spacial score (nSPS) is 12.7. The third-order valence-corrected chi connectivity index (χ3v) is 15.4. The van der Waals surface area contributed by atoms with Gasteiger partial charge in [0.25, 0.3) is 0 Å². The second kappa shape index (κ2) is 17.7. The van der Waals surface area contributed by atoms with E-state index in [-0.39, 0.29) is 26.5 Å². The summed E-state index contributed by atoms with van der Waals surface area (Å²) in [7, 11) is 0. The molecule has 76 heavy (non-hydrogen) atoms. The van der Waals surface area contributed by atoms with Crippen molar-refractivity contribution in [1.29, 1.82) is 0 Å². The van der Waals surface area contributed by atoms with Crippen LogP contribution in [0.25, 0.3) is 104 Å². The molecule has 0 bridgehead atoms. The molecule has 5 nitrogen and oxygen atoms in total. The van der Waals surface area contributed by atoms with Gasteiger partial charge in [0.05, 0.1) is 0 Å². The molecule has 0 saturated carbocycles. The van der Waals surface area contributed by atoms with E-state index in [1.807, 2.05) is 18.3 Å². The minimum atomic E-state index is -0.206. The molecule has 13 aromatic rings. The zero-order valence-corrected chi connectivity index (χ0v) is 44.2. The zero-order valence-electron chi connectivity index (χ0n) is 42.0. The topological polar surface area (TPSA) is 33.0 Å². The number of nitrogens with zero attached hydrogens (tertiary/aromatic N) is 4. The molecular weight excluding hydrogens is 1110 g/mol. The number of hydrogen-bond acceptors (Lipinski definition) is 4. The molecule has 366 valence electrons. The van der Waals surface area contributed by atoms with Crippen molar-refractivity contribution in [3.8, 4) is 56.0 Å². The minimum Gasteiger partial charge on any atom is -0.509 e. The first-order chi connectivity index (χ1) is 36.9. The van der Waals surface area contributed by atoms with Crippen LogP contribution < -0.4 is 14.5 Å². The monoisotopic (exact) mass is 1150 g/mol. The van der Waals surface area contributed by atoms with Crippen LogP contribution in [0, 0.1) is 18.8 Å². The molecule has 10 aromatic carbocycles. The standard InChI is InChI=1S/C70H47N4O.Pt/c1-70(2,3)62-39-38-60-54-27-14-12-25-52(54)56-36-34-46(41-63(56)72-43-73(68(62)67(60)72)65-48(44-19-6-4-7-20-44)29-16-30-49(65)45-21-8-5-9-22-45)75-47-35-37-57-59-32-17-31-58-53-26-13-10-23-50(53)51-24-11-15-28-55(51)61-33-18-40-71-69(61)74(66(58)59)64(57)42-47;/h4-40,43H,1-3H3;/q-3;. The second-order valence-electron chi connectivity index (χ2n) is 20.7. The molecule has 0 spiro atoms. The molecule has 2 aliphatic rings. The van der Waals surface area contributed by atoms with E-state index in [1.54, 1.807) is 0 Å². The fourth-order valence-corrected chi connectivity index (χ4v) is 12.1. The number of para-hydroxylation sites is 2. The number of anilines is 4. The van der Waals surface area contributed by atoms with Gasteiger partial charge >= 0.3 is 0 Å². The first-order valence-corrected chi connectivity index (χ1v) is 25.7. The number of pyridine rings is 1. The molecule has 0 saturated heterocycles. The van der Waals surface area contributed by atoms with Crippen molar-refractivity contribution in [2.24, 2.45) is 0 Å². The summed E-state index contributed by atoms with van der Waals surface area (Å²) in [5.41, 5.74) is 17.3. The van der Waals surface area contributed by atoms with Crippen LogP contribution in [0.15, 0.2) is 225 Å². The molecule has 15 rings (SSSR count). The van der Waals surface area contributed by atoms with Crippen molar-refractivity contribution in [3.05, 3.63) is 249 Å². The van der Waals surface area contributed by atoms with Gasteiger partial charge in [-0.2, -0.15) is 12.1 Å². The van der Waals surface area contributed by atoms with Gasteiger partial charge in [0.15, 0.2) is 0 Å². The average molecular weight is 1160 g/mol. The molecule has 0 N–H and O–H groups in total. The van der Waals surface area contributed by atoms with E-state index in [0.717, 1.165) is 105 Å². The fourth-order valence-electron chi connectivity index (χ4n) is 12.1. The Balaban J connectivity index is 0.00000528. The van der Waals surface area contributed by atoms with Crippen LogP contribution in [0.1, 0.15) is 26.3 Å². The van der Waals surface area contributed by atoms with Gasteiger partial charge in [-0.25, -0.2) is 4.98 Å². The maximum Gasteiger partial charge on any atom is 0.143 e. The largest absolute Gasteiger partial charge is 0.509 e. The predicted molar refractivity (Wildman–Crippen MR) is 311 cm³/mol. The molecule has 3 aromatic heterocycles. The van der Waals surface area contributed by atoms with Crippen molar-refractivity contribution in [2.75, 3.05) is 9.80 Å². The van der Waals surface area contributed by atoms with Gasteiger partial charge in [-0.05, 0) is 66.7 Å². The Morgan fingerprint density at radius 3 is 1.59 bits per heavy atom. The van der Waals surface area contributed by atoms with Crippen LogP contribution in [0.5, 0.6) is 11.5 Å². The Kier molecular flexibility index (Phi) is 10.7. The van der Waals surface area contributed by atoms with Crippen molar-refractivity contribution >= 4 is 82.5 Å². The Hall–Kier alpha value is -8.76. The van der Waals surface area contributed by atoms with E-state index in [1.165, 1.54) is 27.3 Å². The fraction of sp³-hybridized carbons (Fsp3) is 0.0571. The summed E-state index contributed by atoms with van der Waals surface area (Å²) >= 11 is 0. The molecule has 0 aliphatic carbocycles. The van der Waals surface area contributed by atoms with Gasteiger partial charge in [0.1, 0.15) is 5.65 Å². The molecule has 2 aliphatic heterocycles. The quantitative estimate of drug-likeness (QED) is 0.161. The Labute approximate surface area is 455 Å². The molecular formula is C70H47N4OPt-3. The SMILES string of the molecule is CC(C)(C)c1ccc2c3c1N(c1c(-c4ccccc4)cccc1-c1ccccc1)[CH-]N3c1[c-]c(Oc3[c-]c4c(cc3)c3cccc5c6ccccc6c6ccccc6c6cccnc6n4c53)ccc1-c1ccccc1-2.[Pt].